The molecule has 4 N–H and O–H groups in total. The van der Waals surface area contributed by atoms with Crippen LogP contribution in [0, 0.1) is 6.92 Å². The number of unbranched alkanes of at least 4 members (excludes halogenated alkanes) is 1. The molecule has 0 fully saturated rings. The molecule has 1 aromatic rings. The smallest absolute Gasteiger partial charge is 0.243 e. The van der Waals surface area contributed by atoms with E-state index < -0.39 is 15.9 Å². The number of rotatable bonds is 8. The second-order valence-corrected chi connectivity index (χ2v) is 6.89. The first kappa shape index (κ1) is 17.6. The highest BCUT2D eigenvalue weighted by molar-refractivity contribution is 7.89. The molecule has 0 aliphatic rings. The van der Waals surface area contributed by atoms with Gasteiger partial charge in [0.25, 0.3) is 0 Å². The monoisotopic (exact) mass is 313 g/mol. The molecule has 0 bridgehead atoms. The molecule has 0 aliphatic carbocycles. The van der Waals surface area contributed by atoms with Gasteiger partial charge in [-0.05, 0) is 36.6 Å². The molecular weight excluding hydrogens is 290 g/mol. The summed E-state index contributed by atoms with van der Waals surface area (Å²) in [5.74, 6) is -0.662. The third kappa shape index (κ3) is 4.52. The van der Waals surface area contributed by atoms with Crippen LogP contribution in [0.3, 0.4) is 0 Å². The highest BCUT2D eigenvalue weighted by atomic mass is 32.2. The van der Waals surface area contributed by atoms with E-state index in [0.29, 0.717) is 13.0 Å². The molecule has 1 rings (SSSR count). The lowest BCUT2D eigenvalue weighted by atomic mass is 10.1. The molecule has 0 unspecified atom stereocenters. The Morgan fingerprint density at radius 2 is 2.00 bits per heavy atom. The zero-order valence-electron chi connectivity index (χ0n) is 12.5. The van der Waals surface area contributed by atoms with Crippen LogP contribution in [0.15, 0.2) is 23.1 Å². The van der Waals surface area contributed by atoms with Gasteiger partial charge in [0.1, 0.15) is 0 Å². The lowest BCUT2D eigenvalue weighted by Gasteiger charge is -2.21. The molecule has 0 atom stereocenters. The summed E-state index contributed by atoms with van der Waals surface area (Å²) in [6.07, 6.45) is 1.50. The Morgan fingerprint density at radius 3 is 2.48 bits per heavy atom. The number of nitrogens with zero attached hydrogens (tertiary/aromatic N) is 1. The van der Waals surface area contributed by atoms with Crippen LogP contribution in [0.1, 0.15) is 30.9 Å². The Kier molecular flexibility index (Phi) is 6.32. The number of carbonyl (C=O) groups excluding carboxylic acids is 1. The number of hydrogen-bond acceptors (Lipinski definition) is 4. The predicted octanol–water partition coefficient (Wildman–Crippen LogP) is 0.730. The number of hydrogen-bond donors (Lipinski definition) is 2. The molecule has 0 aliphatic heterocycles. The van der Waals surface area contributed by atoms with Crippen molar-refractivity contribution in [1.29, 1.82) is 0 Å². The Bertz CT molecular complexity index is 599. The van der Waals surface area contributed by atoms with Crippen molar-refractivity contribution >= 4 is 15.9 Å². The molecular formula is C14H23N3O3S. The van der Waals surface area contributed by atoms with Crippen LogP contribution in [0.2, 0.25) is 0 Å². The van der Waals surface area contributed by atoms with Gasteiger partial charge in [0.15, 0.2) is 0 Å². The van der Waals surface area contributed by atoms with E-state index in [0.717, 1.165) is 21.9 Å². The first-order valence-electron chi connectivity index (χ1n) is 6.91. The number of sulfonamides is 1. The summed E-state index contributed by atoms with van der Waals surface area (Å²) in [5.41, 5.74) is 12.4. The van der Waals surface area contributed by atoms with Crippen molar-refractivity contribution in [1.82, 2.24) is 4.31 Å². The summed E-state index contributed by atoms with van der Waals surface area (Å²) in [7, 11) is -3.72. The summed E-state index contributed by atoms with van der Waals surface area (Å²) in [6.45, 7) is 4.09. The van der Waals surface area contributed by atoms with Gasteiger partial charge in [0.05, 0.1) is 11.4 Å². The summed E-state index contributed by atoms with van der Waals surface area (Å²) < 4.78 is 26.4. The highest BCUT2D eigenvalue weighted by Crippen LogP contribution is 2.19. The Labute approximate surface area is 126 Å². The molecule has 1 aromatic carbocycles. The van der Waals surface area contributed by atoms with E-state index in [2.05, 4.69) is 0 Å². The molecule has 7 heteroatoms. The zero-order chi connectivity index (χ0) is 16.0. The number of nitrogens with two attached hydrogens (primary N) is 2. The largest absolute Gasteiger partial charge is 0.369 e. The highest BCUT2D eigenvalue weighted by Gasteiger charge is 2.25. The first-order chi connectivity index (χ1) is 9.82. The van der Waals surface area contributed by atoms with E-state index in [4.69, 9.17) is 11.5 Å². The van der Waals surface area contributed by atoms with Crippen LogP contribution in [0.25, 0.3) is 0 Å². The fourth-order valence-electron chi connectivity index (χ4n) is 2.00. The molecule has 0 heterocycles. The Hall–Kier alpha value is -1.44. The summed E-state index contributed by atoms with van der Waals surface area (Å²) in [6, 6.07) is 4.80. The molecule has 0 saturated carbocycles. The summed E-state index contributed by atoms with van der Waals surface area (Å²) in [5, 5.41) is 0. The maximum atomic E-state index is 12.6. The Balaban J connectivity index is 3.15. The molecule has 0 spiro atoms. The van der Waals surface area contributed by atoms with E-state index in [-0.39, 0.29) is 18.0 Å². The molecule has 118 valence electrons. The number of primary amides is 1. The minimum absolute atomic E-state index is 0.162. The standard InChI is InChI=1S/C14H23N3O3S/c1-3-4-7-17(10-14(16)18)21(19,20)13-6-5-12(9-15)11(2)8-13/h5-6,8H,3-4,7,9-10,15H2,1-2H3,(H2,16,18). The quantitative estimate of drug-likeness (QED) is 0.737. The third-order valence-electron chi connectivity index (χ3n) is 3.27. The van der Waals surface area contributed by atoms with Gasteiger partial charge in [-0.3, -0.25) is 4.79 Å². The van der Waals surface area contributed by atoms with E-state index in [1.807, 2.05) is 13.8 Å². The van der Waals surface area contributed by atoms with Crippen molar-refractivity contribution in [3.8, 4) is 0 Å². The lowest BCUT2D eigenvalue weighted by Crippen LogP contribution is -2.39. The fourth-order valence-corrected chi connectivity index (χ4v) is 3.53. The van der Waals surface area contributed by atoms with E-state index in [9.17, 15) is 13.2 Å². The number of carbonyl (C=O) groups is 1. The van der Waals surface area contributed by atoms with Crippen molar-refractivity contribution in [3.63, 3.8) is 0 Å². The molecule has 0 saturated heterocycles. The lowest BCUT2D eigenvalue weighted by molar-refractivity contribution is -0.118. The van der Waals surface area contributed by atoms with Gasteiger partial charge in [-0.2, -0.15) is 4.31 Å². The van der Waals surface area contributed by atoms with E-state index in [1.165, 1.54) is 6.07 Å². The van der Waals surface area contributed by atoms with Crippen molar-refractivity contribution < 1.29 is 13.2 Å². The number of amides is 1. The molecule has 0 radical (unpaired) electrons. The van der Waals surface area contributed by atoms with Gasteiger partial charge in [-0.25, -0.2) is 8.42 Å². The van der Waals surface area contributed by atoms with Gasteiger partial charge in [0, 0.05) is 13.1 Å². The fraction of sp³-hybridized carbons (Fsp3) is 0.500. The topological polar surface area (TPSA) is 106 Å². The average molecular weight is 313 g/mol. The zero-order valence-corrected chi connectivity index (χ0v) is 13.3. The van der Waals surface area contributed by atoms with Gasteiger partial charge < -0.3 is 11.5 Å². The van der Waals surface area contributed by atoms with Crippen molar-refractivity contribution in [2.75, 3.05) is 13.1 Å². The van der Waals surface area contributed by atoms with Gasteiger partial charge >= 0.3 is 0 Å². The van der Waals surface area contributed by atoms with Crippen LogP contribution >= 0.6 is 0 Å². The summed E-state index contributed by atoms with van der Waals surface area (Å²) in [4.78, 5) is 11.3. The Morgan fingerprint density at radius 1 is 1.33 bits per heavy atom. The molecule has 1 amide bonds. The van der Waals surface area contributed by atoms with Crippen molar-refractivity contribution in [2.24, 2.45) is 11.5 Å². The van der Waals surface area contributed by atoms with E-state index in [1.54, 1.807) is 12.1 Å². The second-order valence-electron chi connectivity index (χ2n) is 4.95. The summed E-state index contributed by atoms with van der Waals surface area (Å²) >= 11 is 0. The SMILES string of the molecule is CCCCN(CC(N)=O)S(=O)(=O)c1ccc(CN)c(C)c1. The number of benzene rings is 1. The van der Waals surface area contributed by atoms with Crippen molar-refractivity contribution in [3.05, 3.63) is 29.3 Å². The van der Waals surface area contributed by atoms with Gasteiger partial charge in [0.2, 0.25) is 15.9 Å². The minimum atomic E-state index is -3.72. The predicted molar refractivity (Wildman–Crippen MR) is 81.9 cm³/mol. The number of aryl methyl sites for hydroxylation is 1. The molecule has 0 aromatic heterocycles. The normalized spacial score (nSPS) is 11.8. The van der Waals surface area contributed by atoms with Crippen LogP contribution < -0.4 is 11.5 Å². The third-order valence-corrected chi connectivity index (χ3v) is 5.11. The molecule has 21 heavy (non-hydrogen) atoms. The maximum absolute atomic E-state index is 12.6. The minimum Gasteiger partial charge on any atom is -0.369 e. The molecule has 6 nitrogen and oxygen atoms in total. The van der Waals surface area contributed by atoms with Gasteiger partial charge in [-0.1, -0.05) is 19.4 Å². The second kappa shape index (κ2) is 7.53. The van der Waals surface area contributed by atoms with Crippen LogP contribution in [-0.4, -0.2) is 31.7 Å². The maximum Gasteiger partial charge on any atom is 0.243 e. The van der Waals surface area contributed by atoms with Crippen LogP contribution in [0.4, 0.5) is 0 Å². The van der Waals surface area contributed by atoms with E-state index >= 15 is 0 Å². The van der Waals surface area contributed by atoms with Crippen LogP contribution in [-0.2, 0) is 21.4 Å². The van der Waals surface area contributed by atoms with Gasteiger partial charge in [-0.15, -0.1) is 0 Å². The van der Waals surface area contributed by atoms with Crippen LogP contribution in [0.5, 0.6) is 0 Å². The average Bonchev–Trinajstić information content (AvgIpc) is 2.42. The first-order valence-corrected chi connectivity index (χ1v) is 8.35. The van der Waals surface area contributed by atoms with Crippen molar-refractivity contribution in [2.45, 2.75) is 38.1 Å².